The highest BCUT2D eigenvalue weighted by Crippen LogP contribution is 2.23. The molecule has 1 aliphatic carbocycles. The van der Waals surface area contributed by atoms with E-state index in [4.69, 9.17) is 4.74 Å². The number of hydrogen-bond acceptors (Lipinski definition) is 2. The maximum atomic E-state index is 11.7. The molecule has 0 saturated heterocycles. The smallest absolute Gasteiger partial charge is 0.222 e. The van der Waals surface area contributed by atoms with E-state index in [1.54, 1.807) is 0 Å². The fourth-order valence-electron chi connectivity index (χ4n) is 1.75. The first-order valence-electron chi connectivity index (χ1n) is 4.94. The lowest BCUT2D eigenvalue weighted by Crippen LogP contribution is -2.12. The lowest BCUT2D eigenvalue weighted by Gasteiger charge is -2.13. The van der Waals surface area contributed by atoms with Gasteiger partial charge in [0.25, 0.3) is 0 Å². The molecule has 1 heterocycles. The van der Waals surface area contributed by atoms with Gasteiger partial charge in [-0.2, -0.15) is 0 Å². The van der Waals surface area contributed by atoms with Gasteiger partial charge in [-0.15, -0.1) is 0 Å². The Bertz CT molecular complexity index is 274. The van der Waals surface area contributed by atoms with Crippen molar-refractivity contribution in [1.82, 2.24) is 0 Å². The van der Waals surface area contributed by atoms with Gasteiger partial charge >= 0.3 is 0 Å². The molecule has 0 atom stereocenters. The van der Waals surface area contributed by atoms with Crippen LogP contribution in [0.4, 0.5) is 0 Å². The summed E-state index contributed by atoms with van der Waals surface area (Å²) in [5.74, 6) is 0.705. The minimum atomic E-state index is 0.122. The predicted molar refractivity (Wildman–Crippen MR) is 50.2 cm³/mol. The zero-order valence-corrected chi connectivity index (χ0v) is 7.71. The van der Waals surface area contributed by atoms with Gasteiger partial charge in [-0.25, -0.2) is 0 Å². The van der Waals surface area contributed by atoms with E-state index in [1.165, 1.54) is 0 Å². The Balaban J connectivity index is 2.07. The van der Waals surface area contributed by atoms with Crippen molar-refractivity contribution >= 4 is 5.78 Å². The van der Waals surface area contributed by atoms with Crippen molar-refractivity contribution in [3.63, 3.8) is 0 Å². The molecule has 0 spiro atoms. The second-order valence-corrected chi connectivity index (χ2v) is 3.51. The Hall–Kier alpha value is -1.05. The highest BCUT2D eigenvalue weighted by molar-refractivity contribution is 6.07. The van der Waals surface area contributed by atoms with Crippen LogP contribution in [0.2, 0.25) is 0 Å². The molecule has 2 nitrogen and oxygen atoms in total. The quantitative estimate of drug-likeness (QED) is 0.648. The van der Waals surface area contributed by atoms with Crippen LogP contribution >= 0.6 is 0 Å². The van der Waals surface area contributed by atoms with Crippen LogP contribution in [0.5, 0.6) is 0 Å². The molecule has 0 saturated carbocycles. The van der Waals surface area contributed by atoms with E-state index in [0.29, 0.717) is 12.4 Å². The van der Waals surface area contributed by atoms with E-state index in [0.717, 1.165) is 37.7 Å². The lowest BCUT2D eigenvalue weighted by molar-refractivity contribution is -0.115. The summed E-state index contributed by atoms with van der Waals surface area (Å²) >= 11 is 0. The van der Waals surface area contributed by atoms with Gasteiger partial charge in [0.2, 0.25) is 5.78 Å². The summed E-state index contributed by atoms with van der Waals surface area (Å²) in [4.78, 5) is 11.7. The largest absolute Gasteiger partial charge is 0.490 e. The second-order valence-electron chi connectivity index (χ2n) is 3.51. The maximum Gasteiger partial charge on any atom is 0.222 e. The molecule has 2 aliphatic rings. The Morgan fingerprint density at radius 3 is 2.69 bits per heavy atom. The van der Waals surface area contributed by atoms with Crippen LogP contribution in [0.3, 0.4) is 0 Å². The van der Waals surface area contributed by atoms with Gasteiger partial charge in [0.15, 0.2) is 5.76 Å². The summed E-state index contributed by atoms with van der Waals surface area (Å²) in [6, 6.07) is 0. The number of Topliss-reactive ketones (excluding diaryl/α,β-unsaturated/α-hetero) is 1. The van der Waals surface area contributed by atoms with Crippen LogP contribution in [0.1, 0.15) is 32.1 Å². The van der Waals surface area contributed by atoms with Crippen molar-refractivity contribution in [2.24, 2.45) is 0 Å². The summed E-state index contributed by atoms with van der Waals surface area (Å²) in [6.45, 7) is 0.699. The molecule has 13 heavy (non-hydrogen) atoms. The molecule has 2 rings (SSSR count). The topological polar surface area (TPSA) is 26.3 Å². The Morgan fingerprint density at radius 1 is 1.23 bits per heavy atom. The van der Waals surface area contributed by atoms with Crippen LogP contribution in [-0.2, 0) is 9.53 Å². The van der Waals surface area contributed by atoms with Crippen molar-refractivity contribution in [3.05, 3.63) is 23.5 Å². The predicted octanol–water partition coefficient (Wildman–Crippen LogP) is 2.36. The van der Waals surface area contributed by atoms with Gasteiger partial charge in [-0.3, -0.25) is 4.79 Å². The molecule has 0 aromatic carbocycles. The number of carbonyl (C=O) groups is 1. The summed E-state index contributed by atoms with van der Waals surface area (Å²) in [5.41, 5.74) is 0.952. The molecule has 2 heteroatoms. The fourth-order valence-corrected chi connectivity index (χ4v) is 1.75. The van der Waals surface area contributed by atoms with E-state index < -0.39 is 0 Å². The fraction of sp³-hybridized carbons (Fsp3) is 0.545. The van der Waals surface area contributed by atoms with Crippen molar-refractivity contribution < 1.29 is 9.53 Å². The van der Waals surface area contributed by atoms with Gasteiger partial charge in [0.1, 0.15) is 0 Å². The number of hydrogen-bond donors (Lipinski definition) is 0. The molecule has 0 N–H and O–H groups in total. The second kappa shape index (κ2) is 3.77. The van der Waals surface area contributed by atoms with E-state index in [-0.39, 0.29) is 5.78 Å². The molecule has 0 aromatic heterocycles. The molecular weight excluding hydrogens is 164 g/mol. The minimum absolute atomic E-state index is 0.122. The normalized spacial score (nSPS) is 21.8. The van der Waals surface area contributed by atoms with E-state index in [2.05, 4.69) is 0 Å². The number of ether oxygens (including phenoxy) is 1. The Labute approximate surface area is 78.3 Å². The van der Waals surface area contributed by atoms with Crippen LogP contribution in [-0.4, -0.2) is 12.4 Å². The van der Waals surface area contributed by atoms with Crippen molar-refractivity contribution in [1.29, 1.82) is 0 Å². The SMILES string of the molecule is O=C(C1=CCCC1)C1=CCCCO1. The first-order valence-corrected chi connectivity index (χ1v) is 4.94. The van der Waals surface area contributed by atoms with E-state index in [9.17, 15) is 4.79 Å². The van der Waals surface area contributed by atoms with Crippen molar-refractivity contribution in [2.75, 3.05) is 6.61 Å². The Morgan fingerprint density at radius 2 is 2.08 bits per heavy atom. The molecule has 1 aliphatic heterocycles. The van der Waals surface area contributed by atoms with Gasteiger partial charge in [-0.1, -0.05) is 6.08 Å². The molecule has 0 fully saturated rings. The average molecular weight is 178 g/mol. The third-order valence-electron chi connectivity index (χ3n) is 2.49. The first-order chi connectivity index (χ1) is 6.38. The zero-order chi connectivity index (χ0) is 9.10. The van der Waals surface area contributed by atoms with E-state index >= 15 is 0 Å². The zero-order valence-electron chi connectivity index (χ0n) is 7.71. The van der Waals surface area contributed by atoms with Gasteiger partial charge in [0.05, 0.1) is 6.61 Å². The summed E-state index contributed by atoms with van der Waals surface area (Å²) < 4.78 is 5.32. The number of carbonyl (C=O) groups excluding carboxylic acids is 1. The molecule has 0 radical (unpaired) electrons. The average Bonchev–Trinajstić information content (AvgIpc) is 2.71. The minimum Gasteiger partial charge on any atom is -0.490 e. The highest BCUT2D eigenvalue weighted by Gasteiger charge is 2.19. The first kappa shape index (κ1) is 8.54. The third-order valence-corrected chi connectivity index (χ3v) is 2.49. The summed E-state index contributed by atoms with van der Waals surface area (Å²) in [5, 5.41) is 0. The lowest BCUT2D eigenvalue weighted by atomic mass is 10.1. The van der Waals surface area contributed by atoms with Crippen molar-refractivity contribution in [2.45, 2.75) is 32.1 Å². The van der Waals surface area contributed by atoms with Crippen molar-refractivity contribution in [3.8, 4) is 0 Å². The van der Waals surface area contributed by atoms with Crippen LogP contribution < -0.4 is 0 Å². The third kappa shape index (κ3) is 1.82. The summed E-state index contributed by atoms with van der Waals surface area (Å²) in [7, 11) is 0. The van der Waals surface area contributed by atoms with Crippen LogP contribution in [0.25, 0.3) is 0 Å². The molecule has 70 valence electrons. The number of allylic oxidation sites excluding steroid dienone is 3. The van der Waals surface area contributed by atoms with Gasteiger partial charge in [-0.05, 0) is 43.8 Å². The molecular formula is C11H14O2. The number of ketones is 1. The standard InChI is InChI=1S/C11H14O2/c12-11(9-5-1-2-6-9)10-7-3-4-8-13-10/h5,7H,1-4,6,8H2. The van der Waals surface area contributed by atoms with Gasteiger partial charge in [0, 0.05) is 0 Å². The van der Waals surface area contributed by atoms with Gasteiger partial charge < -0.3 is 4.74 Å². The molecule has 0 amide bonds. The highest BCUT2D eigenvalue weighted by atomic mass is 16.5. The Kier molecular flexibility index (Phi) is 2.48. The number of rotatable bonds is 2. The van der Waals surface area contributed by atoms with Crippen LogP contribution in [0, 0.1) is 0 Å². The van der Waals surface area contributed by atoms with Crippen LogP contribution in [0.15, 0.2) is 23.5 Å². The maximum absolute atomic E-state index is 11.7. The molecule has 0 aromatic rings. The molecule has 0 bridgehead atoms. The summed E-state index contributed by atoms with van der Waals surface area (Å²) in [6.07, 6.45) is 9.08. The molecule has 0 unspecified atom stereocenters. The van der Waals surface area contributed by atoms with E-state index in [1.807, 2.05) is 12.2 Å². The monoisotopic (exact) mass is 178 g/mol.